The summed E-state index contributed by atoms with van der Waals surface area (Å²) < 4.78 is 14.3. The van der Waals surface area contributed by atoms with Crippen molar-refractivity contribution in [3.8, 4) is 23.1 Å². The summed E-state index contributed by atoms with van der Waals surface area (Å²) in [5.74, 6) is 1.06. The summed E-state index contributed by atoms with van der Waals surface area (Å²) in [4.78, 5) is 11.3. The van der Waals surface area contributed by atoms with E-state index in [0.717, 1.165) is 43.2 Å². The topological polar surface area (TPSA) is 95.3 Å². The first-order valence-corrected chi connectivity index (χ1v) is 12.0. The van der Waals surface area contributed by atoms with Crippen molar-refractivity contribution in [1.82, 2.24) is 14.7 Å². The molecule has 0 spiro atoms. The number of rotatable bonds is 9. The minimum absolute atomic E-state index is 0.475. The lowest BCUT2D eigenvalue weighted by atomic mass is 10.1. The molecule has 8 nitrogen and oxygen atoms in total. The van der Waals surface area contributed by atoms with E-state index in [-0.39, 0.29) is 0 Å². The van der Waals surface area contributed by atoms with Crippen molar-refractivity contribution in [2.75, 3.05) is 55.9 Å². The Morgan fingerprint density at radius 2 is 1.97 bits per heavy atom. The number of benzene rings is 2. The van der Waals surface area contributed by atoms with E-state index in [4.69, 9.17) is 9.47 Å². The average molecular weight is 463 g/mol. The number of nitrogens with one attached hydrogen (secondary N) is 2. The van der Waals surface area contributed by atoms with E-state index in [2.05, 4.69) is 43.1 Å². The molecule has 4 rings (SSSR count). The first kappa shape index (κ1) is 22.9. The Labute approximate surface area is 198 Å². The molecule has 1 aromatic heterocycles. The molecule has 3 aromatic rings. The van der Waals surface area contributed by atoms with Gasteiger partial charge in [-0.2, -0.15) is 5.26 Å². The van der Waals surface area contributed by atoms with Crippen molar-refractivity contribution < 1.29 is 9.47 Å². The van der Waals surface area contributed by atoms with Crippen LogP contribution in [0, 0.1) is 11.3 Å². The van der Waals surface area contributed by atoms with Gasteiger partial charge < -0.3 is 19.7 Å². The van der Waals surface area contributed by atoms with Gasteiger partial charge in [0.25, 0.3) is 0 Å². The summed E-state index contributed by atoms with van der Waals surface area (Å²) in [5, 5.41) is 12.8. The normalized spacial score (nSPS) is 13.4. The van der Waals surface area contributed by atoms with Crippen LogP contribution in [0.5, 0.6) is 5.75 Å². The quantitative estimate of drug-likeness (QED) is 0.363. The number of nitrogens with zero attached hydrogens (tertiary/aromatic N) is 4. The Balaban J connectivity index is 1.44. The van der Waals surface area contributed by atoms with Crippen molar-refractivity contribution in [2.45, 2.75) is 0 Å². The number of aromatic nitrogens is 2. The molecule has 0 unspecified atom stereocenters. The Kier molecular flexibility index (Phi) is 7.98. The van der Waals surface area contributed by atoms with Crippen LogP contribution in [0.3, 0.4) is 0 Å². The largest absolute Gasteiger partial charge is 0.491 e. The van der Waals surface area contributed by atoms with Gasteiger partial charge in [-0.25, -0.2) is 9.97 Å². The van der Waals surface area contributed by atoms with Gasteiger partial charge in [-0.15, -0.1) is 0 Å². The molecule has 0 atom stereocenters. The Bertz CT molecular complexity index is 1100. The fourth-order valence-electron chi connectivity index (χ4n) is 3.49. The monoisotopic (exact) mass is 462 g/mol. The summed E-state index contributed by atoms with van der Waals surface area (Å²) in [6.07, 6.45) is 3.66. The van der Waals surface area contributed by atoms with E-state index in [1.54, 1.807) is 12.3 Å². The molecule has 2 N–H and O–H groups in total. The number of hydrogen-bond acceptors (Lipinski definition) is 9. The molecule has 1 aliphatic heterocycles. The summed E-state index contributed by atoms with van der Waals surface area (Å²) >= 11 is 1.53. The van der Waals surface area contributed by atoms with Gasteiger partial charge in [0.05, 0.1) is 24.5 Å². The molecule has 0 amide bonds. The van der Waals surface area contributed by atoms with E-state index < -0.39 is 0 Å². The molecule has 0 bridgehead atoms. The Hall–Kier alpha value is -3.32. The smallest absolute Gasteiger partial charge is 0.227 e. The molecule has 0 saturated carbocycles. The van der Waals surface area contributed by atoms with E-state index in [1.807, 2.05) is 36.6 Å². The second-order valence-electron chi connectivity index (χ2n) is 7.31. The Morgan fingerprint density at radius 3 is 2.73 bits per heavy atom. The highest BCUT2D eigenvalue weighted by atomic mass is 32.2. The molecule has 170 valence electrons. The number of ether oxygens (including phenoxy) is 2. The number of morpholine rings is 1. The van der Waals surface area contributed by atoms with E-state index >= 15 is 0 Å². The van der Waals surface area contributed by atoms with Crippen LogP contribution in [0.15, 0.2) is 54.7 Å². The first-order valence-electron chi connectivity index (χ1n) is 10.7. The third-order valence-corrected chi connectivity index (χ3v) is 5.65. The van der Waals surface area contributed by atoms with Gasteiger partial charge in [-0.05, 0) is 54.8 Å². The summed E-state index contributed by atoms with van der Waals surface area (Å²) in [5.41, 5.74) is 4.11. The highest BCUT2D eigenvalue weighted by Gasteiger charge is 2.12. The highest BCUT2D eigenvalue weighted by molar-refractivity contribution is 7.96. The summed E-state index contributed by atoms with van der Waals surface area (Å²) in [7, 11) is 0. The van der Waals surface area contributed by atoms with Crippen LogP contribution < -0.4 is 19.7 Å². The van der Waals surface area contributed by atoms with Crippen LogP contribution in [0.25, 0.3) is 11.3 Å². The van der Waals surface area contributed by atoms with Crippen LogP contribution in [-0.2, 0) is 4.74 Å². The molecular weight excluding hydrogens is 436 g/mol. The predicted octanol–water partition coefficient (Wildman–Crippen LogP) is 3.84. The second kappa shape index (κ2) is 11.5. The first-order chi connectivity index (χ1) is 16.3. The van der Waals surface area contributed by atoms with Crippen LogP contribution >= 0.6 is 11.9 Å². The molecular formula is C24H26N6O2S. The molecule has 33 heavy (non-hydrogen) atoms. The molecule has 0 aliphatic carbocycles. The van der Waals surface area contributed by atoms with Crippen LogP contribution in [0.4, 0.5) is 17.3 Å². The maximum absolute atomic E-state index is 9.55. The SMILES string of the molecule is CSNCCOc1ccc(-c2ccnc(Nc3ccc(N4CCOCC4)cc3)n2)cc1C#N. The van der Waals surface area contributed by atoms with E-state index in [9.17, 15) is 5.26 Å². The minimum atomic E-state index is 0.475. The zero-order valence-corrected chi connectivity index (χ0v) is 19.3. The van der Waals surface area contributed by atoms with Gasteiger partial charge in [-0.3, -0.25) is 4.72 Å². The molecule has 1 saturated heterocycles. The highest BCUT2D eigenvalue weighted by Crippen LogP contribution is 2.26. The van der Waals surface area contributed by atoms with Crippen LogP contribution in [0.2, 0.25) is 0 Å². The predicted molar refractivity (Wildman–Crippen MR) is 132 cm³/mol. The number of nitriles is 1. The lowest BCUT2D eigenvalue weighted by Gasteiger charge is -2.28. The van der Waals surface area contributed by atoms with Gasteiger partial charge >= 0.3 is 0 Å². The van der Waals surface area contributed by atoms with E-state index in [1.165, 1.54) is 17.6 Å². The molecule has 9 heteroatoms. The molecule has 1 aliphatic rings. The maximum Gasteiger partial charge on any atom is 0.227 e. The summed E-state index contributed by atoms with van der Waals surface area (Å²) in [6.45, 7) is 4.51. The molecule has 1 fully saturated rings. The molecule has 2 aromatic carbocycles. The lowest BCUT2D eigenvalue weighted by molar-refractivity contribution is 0.122. The zero-order valence-electron chi connectivity index (χ0n) is 18.5. The van der Waals surface area contributed by atoms with Gasteiger partial charge in [0.15, 0.2) is 0 Å². The van der Waals surface area contributed by atoms with Crippen molar-refractivity contribution in [2.24, 2.45) is 0 Å². The fraction of sp³-hybridized carbons (Fsp3) is 0.292. The second-order valence-corrected chi connectivity index (χ2v) is 8.00. The number of hydrogen-bond donors (Lipinski definition) is 2. The average Bonchev–Trinajstić information content (AvgIpc) is 2.88. The Morgan fingerprint density at radius 1 is 1.15 bits per heavy atom. The van der Waals surface area contributed by atoms with Gasteiger partial charge in [0.1, 0.15) is 18.4 Å². The third kappa shape index (κ3) is 6.14. The van der Waals surface area contributed by atoms with Gasteiger partial charge in [0, 0.05) is 42.8 Å². The lowest BCUT2D eigenvalue weighted by Crippen LogP contribution is -2.36. The third-order valence-electron chi connectivity index (χ3n) is 5.16. The zero-order chi connectivity index (χ0) is 22.9. The van der Waals surface area contributed by atoms with Gasteiger partial charge in [0.2, 0.25) is 5.95 Å². The molecule has 0 radical (unpaired) electrons. The standard InChI is InChI=1S/C24H26N6O2S/c1-33-27-10-13-32-23-7-2-18(16-19(23)17-25)22-8-9-26-24(29-22)28-20-3-5-21(6-4-20)30-11-14-31-15-12-30/h2-9,16,27H,10-15H2,1H3,(H,26,28,29). The van der Waals surface area contributed by atoms with Crippen LogP contribution in [-0.4, -0.2) is 55.7 Å². The van der Waals surface area contributed by atoms with Gasteiger partial charge in [-0.1, -0.05) is 11.9 Å². The molecule has 2 heterocycles. The minimum Gasteiger partial charge on any atom is -0.491 e. The summed E-state index contributed by atoms with van der Waals surface area (Å²) in [6, 6.07) is 17.8. The fourth-order valence-corrected chi connectivity index (χ4v) is 3.78. The number of anilines is 3. The van der Waals surface area contributed by atoms with E-state index in [0.29, 0.717) is 30.4 Å². The van der Waals surface area contributed by atoms with Crippen molar-refractivity contribution >= 4 is 29.3 Å². The van der Waals surface area contributed by atoms with Crippen molar-refractivity contribution in [1.29, 1.82) is 5.26 Å². The maximum atomic E-state index is 9.55. The van der Waals surface area contributed by atoms with Crippen LogP contribution in [0.1, 0.15) is 5.56 Å². The van der Waals surface area contributed by atoms with Crippen molar-refractivity contribution in [3.63, 3.8) is 0 Å². The van der Waals surface area contributed by atoms with Crippen molar-refractivity contribution in [3.05, 3.63) is 60.3 Å².